The molecule has 1 N–H and O–H groups in total. The molecule has 1 aliphatic heterocycles. The number of carbonyl (C=O) groups is 1. The van der Waals surface area contributed by atoms with Crippen molar-refractivity contribution in [1.29, 1.82) is 0 Å². The maximum atomic E-state index is 13.3. The van der Waals surface area contributed by atoms with Gasteiger partial charge >= 0.3 is 0 Å². The van der Waals surface area contributed by atoms with Crippen LogP contribution >= 0.6 is 0 Å². The fourth-order valence-electron chi connectivity index (χ4n) is 4.28. The van der Waals surface area contributed by atoms with Crippen molar-refractivity contribution in [2.75, 3.05) is 31.2 Å². The van der Waals surface area contributed by atoms with Gasteiger partial charge in [-0.05, 0) is 38.5 Å². The molecule has 3 aromatic rings. The Kier molecular flexibility index (Phi) is 5.95. The van der Waals surface area contributed by atoms with E-state index in [9.17, 15) is 4.79 Å². The Hall–Kier alpha value is -2.99. The number of ether oxygens (including phenoxy) is 1. The molecule has 2 aromatic heterocycles. The summed E-state index contributed by atoms with van der Waals surface area (Å²) in [4.78, 5) is 15.6. The van der Waals surface area contributed by atoms with Gasteiger partial charge in [-0.1, -0.05) is 29.8 Å². The van der Waals surface area contributed by atoms with Gasteiger partial charge in [0.15, 0.2) is 0 Å². The van der Waals surface area contributed by atoms with Crippen molar-refractivity contribution in [2.45, 2.75) is 33.9 Å². The highest BCUT2D eigenvalue weighted by Gasteiger charge is 2.27. The van der Waals surface area contributed by atoms with E-state index in [4.69, 9.17) is 9.15 Å². The smallest absolute Gasteiger partial charge is 0.268 e. The summed E-state index contributed by atoms with van der Waals surface area (Å²) in [5, 5.41) is 3.03. The van der Waals surface area contributed by atoms with Gasteiger partial charge in [0.1, 0.15) is 11.5 Å². The van der Waals surface area contributed by atoms with E-state index in [0.29, 0.717) is 32.0 Å². The molecule has 30 heavy (non-hydrogen) atoms. The number of amides is 1. The van der Waals surface area contributed by atoms with E-state index in [1.165, 1.54) is 11.1 Å². The standard InChI is InChI=1S/C24H29N3O3/c1-17-6-4-7-20(14-17)16-27-19(3)22(26-9-12-29-13-10-26)18(2)23(27)24(28)25-15-21-8-5-11-30-21/h4-8,11,14H,9-10,12-13,15-16H2,1-3H3,(H,25,28). The topological polar surface area (TPSA) is 59.6 Å². The average molecular weight is 408 g/mol. The second-order valence-electron chi connectivity index (χ2n) is 7.84. The summed E-state index contributed by atoms with van der Waals surface area (Å²) >= 11 is 0. The summed E-state index contributed by atoms with van der Waals surface area (Å²) in [5.74, 6) is 0.655. The number of aryl methyl sites for hydroxylation is 1. The number of furan rings is 1. The van der Waals surface area contributed by atoms with E-state index in [1.807, 2.05) is 19.1 Å². The zero-order valence-electron chi connectivity index (χ0n) is 17.9. The van der Waals surface area contributed by atoms with E-state index in [-0.39, 0.29) is 5.91 Å². The van der Waals surface area contributed by atoms with Gasteiger partial charge in [-0.2, -0.15) is 0 Å². The quantitative estimate of drug-likeness (QED) is 0.675. The maximum absolute atomic E-state index is 13.3. The molecule has 1 aromatic carbocycles. The molecule has 0 spiro atoms. The molecule has 1 amide bonds. The highest BCUT2D eigenvalue weighted by molar-refractivity contribution is 5.96. The van der Waals surface area contributed by atoms with Crippen LogP contribution in [0.3, 0.4) is 0 Å². The van der Waals surface area contributed by atoms with Crippen LogP contribution in [0.2, 0.25) is 0 Å². The molecule has 0 radical (unpaired) electrons. The fourth-order valence-corrected chi connectivity index (χ4v) is 4.28. The minimum absolute atomic E-state index is 0.0841. The Balaban J connectivity index is 1.70. The molecule has 6 heteroatoms. The molecule has 158 valence electrons. The van der Waals surface area contributed by atoms with Crippen molar-refractivity contribution in [3.8, 4) is 0 Å². The van der Waals surface area contributed by atoms with Crippen molar-refractivity contribution in [1.82, 2.24) is 9.88 Å². The molecular weight excluding hydrogens is 378 g/mol. The van der Waals surface area contributed by atoms with Gasteiger partial charge in [0.25, 0.3) is 5.91 Å². The molecule has 0 aliphatic carbocycles. The molecule has 1 fully saturated rings. The first kappa shape index (κ1) is 20.3. The monoisotopic (exact) mass is 407 g/mol. The number of nitrogens with one attached hydrogen (secondary N) is 1. The first-order chi connectivity index (χ1) is 14.5. The Labute approximate surface area is 177 Å². The summed E-state index contributed by atoms with van der Waals surface area (Å²) < 4.78 is 13.1. The predicted molar refractivity (Wildman–Crippen MR) is 117 cm³/mol. The highest BCUT2D eigenvalue weighted by atomic mass is 16.5. The minimum Gasteiger partial charge on any atom is -0.467 e. The Morgan fingerprint density at radius 1 is 1.10 bits per heavy atom. The van der Waals surface area contributed by atoms with E-state index < -0.39 is 0 Å². The lowest BCUT2D eigenvalue weighted by atomic mass is 10.1. The van der Waals surface area contributed by atoms with Gasteiger partial charge in [0, 0.05) is 30.9 Å². The summed E-state index contributed by atoms with van der Waals surface area (Å²) in [6, 6.07) is 12.1. The van der Waals surface area contributed by atoms with Gasteiger partial charge in [0.2, 0.25) is 0 Å². The molecular formula is C24H29N3O3. The predicted octanol–water partition coefficient (Wildman–Crippen LogP) is 3.82. The van der Waals surface area contributed by atoms with Crippen LogP contribution in [0, 0.1) is 20.8 Å². The molecule has 4 rings (SSSR count). The zero-order chi connectivity index (χ0) is 21.1. The number of nitrogens with zero attached hydrogens (tertiary/aromatic N) is 2. The average Bonchev–Trinajstić information content (AvgIpc) is 3.34. The largest absolute Gasteiger partial charge is 0.467 e. The van der Waals surface area contributed by atoms with Crippen LogP contribution in [-0.4, -0.2) is 36.8 Å². The third-order valence-electron chi connectivity index (χ3n) is 5.70. The Bertz CT molecular complexity index is 1010. The Morgan fingerprint density at radius 2 is 1.90 bits per heavy atom. The molecule has 1 aliphatic rings. The highest BCUT2D eigenvalue weighted by Crippen LogP contribution is 2.32. The van der Waals surface area contributed by atoms with Crippen LogP contribution in [-0.2, 0) is 17.8 Å². The van der Waals surface area contributed by atoms with Crippen molar-refractivity contribution >= 4 is 11.6 Å². The van der Waals surface area contributed by atoms with E-state index >= 15 is 0 Å². The number of aromatic nitrogens is 1. The number of rotatable bonds is 6. The summed E-state index contributed by atoms with van der Waals surface area (Å²) in [7, 11) is 0. The molecule has 0 atom stereocenters. The van der Waals surface area contributed by atoms with E-state index in [1.54, 1.807) is 6.26 Å². The SMILES string of the molecule is Cc1cccc(Cn2c(C)c(N3CCOCC3)c(C)c2C(=O)NCc2ccco2)c1. The van der Waals surface area contributed by atoms with Crippen LogP contribution in [0.25, 0.3) is 0 Å². The van der Waals surface area contributed by atoms with Crippen molar-refractivity contribution in [3.63, 3.8) is 0 Å². The number of benzene rings is 1. The first-order valence-electron chi connectivity index (χ1n) is 10.4. The van der Waals surface area contributed by atoms with Crippen LogP contribution in [0.15, 0.2) is 47.1 Å². The Morgan fingerprint density at radius 3 is 2.60 bits per heavy atom. The third-order valence-corrected chi connectivity index (χ3v) is 5.70. The maximum Gasteiger partial charge on any atom is 0.268 e. The van der Waals surface area contributed by atoms with Crippen LogP contribution in [0.1, 0.15) is 38.6 Å². The molecule has 1 saturated heterocycles. The van der Waals surface area contributed by atoms with Gasteiger partial charge in [0.05, 0.1) is 31.7 Å². The molecule has 6 nitrogen and oxygen atoms in total. The number of carbonyl (C=O) groups excluding carboxylic acids is 1. The van der Waals surface area contributed by atoms with Crippen LogP contribution in [0.5, 0.6) is 0 Å². The summed E-state index contributed by atoms with van der Waals surface area (Å²) in [6.45, 7) is 10.4. The van der Waals surface area contributed by atoms with E-state index in [0.717, 1.165) is 35.8 Å². The second kappa shape index (κ2) is 8.79. The lowest BCUT2D eigenvalue weighted by molar-refractivity contribution is 0.0938. The number of anilines is 1. The van der Waals surface area contributed by atoms with Gasteiger partial charge < -0.3 is 23.9 Å². The van der Waals surface area contributed by atoms with Crippen LogP contribution < -0.4 is 10.2 Å². The fraction of sp³-hybridized carbons (Fsp3) is 0.375. The van der Waals surface area contributed by atoms with E-state index in [2.05, 4.69) is 52.9 Å². The minimum atomic E-state index is -0.0841. The number of hydrogen-bond acceptors (Lipinski definition) is 4. The summed E-state index contributed by atoms with van der Waals surface area (Å²) in [5.41, 5.74) is 6.38. The molecule has 0 bridgehead atoms. The van der Waals surface area contributed by atoms with Crippen molar-refractivity contribution in [2.24, 2.45) is 0 Å². The zero-order valence-corrected chi connectivity index (χ0v) is 17.9. The van der Waals surface area contributed by atoms with Gasteiger partial charge in [-0.25, -0.2) is 0 Å². The molecule has 3 heterocycles. The molecule has 0 unspecified atom stereocenters. The lowest BCUT2D eigenvalue weighted by Gasteiger charge is -2.29. The normalized spacial score (nSPS) is 14.2. The van der Waals surface area contributed by atoms with Crippen molar-refractivity contribution in [3.05, 3.63) is 76.5 Å². The lowest BCUT2D eigenvalue weighted by Crippen LogP contribution is -2.36. The summed E-state index contributed by atoms with van der Waals surface area (Å²) in [6.07, 6.45) is 1.62. The number of morpholine rings is 1. The number of hydrogen-bond donors (Lipinski definition) is 1. The first-order valence-corrected chi connectivity index (χ1v) is 10.4. The third kappa shape index (κ3) is 4.14. The van der Waals surface area contributed by atoms with Gasteiger partial charge in [-0.15, -0.1) is 0 Å². The second-order valence-corrected chi connectivity index (χ2v) is 7.84. The molecule has 0 saturated carbocycles. The van der Waals surface area contributed by atoms with Crippen LogP contribution in [0.4, 0.5) is 5.69 Å². The van der Waals surface area contributed by atoms with Crippen molar-refractivity contribution < 1.29 is 13.9 Å². The van der Waals surface area contributed by atoms with Gasteiger partial charge in [-0.3, -0.25) is 4.79 Å².